The van der Waals surface area contributed by atoms with E-state index in [4.69, 9.17) is 14.2 Å². The SMILES string of the molecule is CCOc1cc(/C=C2\N=C(c3ccc(-c4ccccc4)cc3)OC2=O)cc(Br)c1OC(=O)c1cccc(C)c1. The van der Waals surface area contributed by atoms with Gasteiger partial charge in [0.2, 0.25) is 5.90 Å². The monoisotopic (exact) mass is 581 g/mol. The Morgan fingerprint density at radius 1 is 0.923 bits per heavy atom. The zero-order valence-corrected chi connectivity index (χ0v) is 22.9. The zero-order valence-electron chi connectivity index (χ0n) is 21.3. The molecule has 0 fully saturated rings. The molecule has 194 valence electrons. The largest absolute Gasteiger partial charge is 0.490 e. The van der Waals surface area contributed by atoms with Gasteiger partial charge in [-0.2, -0.15) is 0 Å². The van der Waals surface area contributed by atoms with Gasteiger partial charge in [-0.1, -0.05) is 60.2 Å². The first-order chi connectivity index (χ1) is 18.9. The molecule has 0 unspecified atom stereocenters. The average Bonchev–Trinajstić information content (AvgIpc) is 3.31. The van der Waals surface area contributed by atoms with Crippen molar-refractivity contribution in [3.05, 3.63) is 123 Å². The fourth-order valence-corrected chi connectivity index (χ4v) is 4.62. The molecule has 1 heterocycles. The van der Waals surface area contributed by atoms with Crippen LogP contribution in [0.4, 0.5) is 0 Å². The van der Waals surface area contributed by atoms with Gasteiger partial charge in [0.15, 0.2) is 17.2 Å². The van der Waals surface area contributed by atoms with Crippen LogP contribution in [0.1, 0.15) is 34.0 Å². The molecule has 0 spiro atoms. The molecule has 6 nitrogen and oxygen atoms in total. The van der Waals surface area contributed by atoms with Crippen molar-refractivity contribution in [1.29, 1.82) is 0 Å². The highest BCUT2D eigenvalue weighted by atomic mass is 79.9. The van der Waals surface area contributed by atoms with E-state index in [1.165, 1.54) is 0 Å². The second kappa shape index (κ2) is 11.5. The van der Waals surface area contributed by atoms with Gasteiger partial charge in [0.1, 0.15) is 0 Å². The van der Waals surface area contributed by atoms with Crippen LogP contribution in [0, 0.1) is 6.92 Å². The highest BCUT2D eigenvalue weighted by Crippen LogP contribution is 2.38. The first kappa shape index (κ1) is 26.1. The van der Waals surface area contributed by atoms with Crippen molar-refractivity contribution in [2.45, 2.75) is 13.8 Å². The summed E-state index contributed by atoms with van der Waals surface area (Å²) < 4.78 is 17.4. The fraction of sp³-hybridized carbons (Fsp3) is 0.0938. The van der Waals surface area contributed by atoms with Gasteiger partial charge in [-0.05, 0) is 88.9 Å². The molecule has 0 aromatic heterocycles. The Balaban J connectivity index is 1.40. The Bertz CT molecular complexity index is 1610. The lowest BCUT2D eigenvalue weighted by molar-refractivity contribution is -0.129. The molecule has 1 aliphatic rings. The van der Waals surface area contributed by atoms with Crippen LogP contribution in [0.15, 0.2) is 106 Å². The summed E-state index contributed by atoms with van der Waals surface area (Å²) in [6.07, 6.45) is 1.60. The molecule has 0 aliphatic carbocycles. The summed E-state index contributed by atoms with van der Waals surface area (Å²) in [5, 5.41) is 0. The van der Waals surface area contributed by atoms with E-state index in [0.29, 0.717) is 33.5 Å². The Labute approximate surface area is 234 Å². The minimum atomic E-state index is -0.554. The molecule has 4 aromatic rings. The summed E-state index contributed by atoms with van der Waals surface area (Å²) in [4.78, 5) is 29.8. The van der Waals surface area contributed by atoms with E-state index in [1.54, 1.807) is 36.4 Å². The second-order valence-electron chi connectivity index (χ2n) is 8.80. The van der Waals surface area contributed by atoms with E-state index >= 15 is 0 Å². The Morgan fingerprint density at radius 3 is 2.36 bits per heavy atom. The number of carbonyl (C=O) groups excluding carboxylic acids is 2. The number of rotatable bonds is 7. The smallest absolute Gasteiger partial charge is 0.363 e. The van der Waals surface area contributed by atoms with Crippen LogP contribution >= 0.6 is 15.9 Å². The van der Waals surface area contributed by atoms with E-state index in [2.05, 4.69) is 20.9 Å². The van der Waals surface area contributed by atoms with E-state index in [1.807, 2.05) is 74.5 Å². The van der Waals surface area contributed by atoms with Crippen molar-refractivity contribution in [1.82, 2.24) is 0 Å². The van der Waals surface area contributed by atoms with Crippen molar-refractivity contribution in [2.75, 3.05) is 6.61 Å². The Kier molecular flexibility index (Phi) is 7.70. The third-order valence-electron chi connectivity index (χ3n) is 5.94. The molecule has 0 saturated heterocycles. The van der Waals surface area contributed by atoms with Crippen molar-refractivity contribution >= 4 is 39.8 Å². The summed E-state index contributed by atoms with van der Waals surface area (Å²) in [5.41, 5.74) is 5.00. The number of hydrogen-bond donors (Lipinski definition) is 0. The Morgan fingerprint density at radius 2 is 1.64 bits per heavy atom. The molecule has 0 atom stereocenters. The molecule has 0 N–H and O–H groups in total. The van der Waals surface area contributed by atoms with Gasteiger partial charge in [-0.25, -0.2) is 14.6 Å². The predicted octanol–water partition coefficient (Wildman–Crippen LogP) is 7.39. The first-order valence-corrected chi connectivity index (χ1v) is 13.1. The van der Waals surface area contributed by atoms with Crippen molar-refractivity contribution in [2.24, 2.45) is 4.99 Å². The van der Waals surface area contributed by atoms with Gasteiger partial charge < -0.3 is 14.2 Å². The highest BCUT2D eigenvalue weighted by Gasteiger charge is 2.25. The van der Waals surface area contributed by atoms with Crippen LogP contribution in [0.2, 0.25) is 0 Å². The predicted molar refractivity (Wildman–Crippen MR) is 154 cm³/mol. The maximum absolute atomic E-state index is 12.8. The third kappa shape index (κ3) is 5.99. The maximum atomic E-state index is 12.8. The summed E-state index contributed by atoms with van der Waals surface area (Å²) in [7, 11) is 0. The molecule has 0 saturated carbocycles. The van der Waals surface area contributed by atoms with Gasteiger partial charge >= 0.3 is 11.9 Å². The minimum Gasteiger partial charge on any atom is -0.490 e. The summed E-state index contributed by atoms with van der Waals surface area (Å²) in [6.45, 7) is 4.09. The number of carbonyl (C=O) groups is 2. The summed E-state index contributed by atoms with van der Waals surface area (Å²) in [5.74, 6) is -0.216. The number of aliphatic imine (C=N–C) groups is 1. The molecular formula is C32H24BrNO5. The molecule has 4 aromatic carbocycles. The number of hydrogen-bond acceptors (Lipinski definition) is 6. The van der Waals surface area contributed by atoms with Crippen molar-refractivity contribution in [3.8, 4) is 22.6 Å². The van der Waals surface area contributed by atoms with Crippen LogP contribution in [0.3, 0.4) is 0 Å². The summed E-state index contributed by atoms with van der Waals surface area (Å²) in [6, 6.07) is 28.3. The Hall–Kier alpha value is -4.49. The van der Waals surface area contributed by atoms with Gasteiger partial charge in [-0.15, -0.1) is 0 Å². The highest BCUT2D eigenvalue weighted by molar-refractivity contribution is 9.10. The number of ether oxygens (including phenoxy) is 3. The molecule has 0 bridgehead atoms. The minimum absolute atomic E-state index is 0.149. The van der Waals surface area contributed by atoms with Crippen LogP contribution in [-0.4, -0.2) is 24.4 Å². The number of cyclic esters (lactones) is 1. The molecule has 0 radical (unpaired) electrons. The molecule has 0 amide bonds. The van der Waals surface area contributed by atoms with Crippen LogP contribution in [0.5, 0.6) is 11.5 Å². The summed E-state index contributed by atoms with van der Waals surface area (Å²) >= 11 is 3.48. The van der Waals surface area contributed by atoms with E-state index in [9.17, 15) is 9.59 Å². The van der Waals surface area contributed by atoms with E-state index in [-0.39, 0.29) is 17.3 Å². The van der Waals surface area contributed by atoms with Gasteiger partial charge in [0.25, 0.3) is 0 Å². The van der Waals surface area contributed by atoms with E-state index in [0.717, 1.165) is 16.7 Å². The lowest BCUT2D eigenvalue weighted by atomic mass is 10.0. The van der Waals surface area contributed by atoms with Crippen molar-refractivity contribution in [3.63, 3.8) is 0 Å². The van der Waals surface area contributed by atoms with Gasteiger partial charge in [0, 0.05) is 5.56 Å². The third-order valence-corrected chi connectivity index (χ3v) is 6.53. The average molecular weight is 582 g/mol. The van der Waals surface area contributed by atoms with Crippen LogP contribution < -0.4 is 9.47 Å². The standard InChI is InChI=1S/C32H24BrNO5/c1-3-37-28-19-21(17-26(33)29(28)38-31(35)25-11-7-8-20(2)16-25)18-27-32(36)39-30(34-27)24-14-12-23(13-15-24)22-9-5-4-6-10-22/h4-19H,3H2,1-2H3/b27-18-. The molecule has 1 aliphatic heterocycles. The number of esters is 2. The van der Waals surface area contributed by atoms with Gasteiger partial charge in [0.05, 0.1) is 16.6 Å². The maximum Gasteiger partial charge on any atom is 0.363 e. The van der Waals surface area contributed by atoms with Crippen LogP contribution in [0.25, 0.3) is 17.2 Å². The fourth-order valence-electron chi connectivity index (χ4n) is 4.08. The zero-order chi connectivity index (χ0) is 27.4. The lowest BCUT2D eigenvalue weighted by Crippen LogP contribution is -2.10. The first-order valence-electron chi connectivity index (χ1n) is 12.3. The second-order valence-corrected chi connectivity index (χ2v) is 9.66. The number of nitrogens with zero attached hydrogens (tertiary/aromatic N) is 1. The molecule has 5 rings (SSSR count). The van der Waals surface area contributed by atoms with Crippen LogP contribution in [-0.2, 0) is 9.53 Å². The topological polar surface area (TPSA) is 74.2 Å². The number of halogens is 1. The molecule has 7 heteroatoms. The molecular weight excluding hydrogens is 558 g/mol. The van der Waals surface area contributed by atoms with Crippen molar-refractivity contribution < 1.29 is 23.8 Å². The number of aryl methyl sites for hydroxylation is 1. The normalized spacial score (nSPS) is 13.7. The number of benzene rings is 4. The molecule has 39 heavy (non-hydrogen) atoms. The quantitative estimate of drug-likeness (QED) is 0.129. The van der Waals surface area contributed by atoms with Gasteiger partial charge in [-0.3, -0.25) is 0 Å². The lowest BCUT2D eigenvalue weighted by Gasteiger charge is -2.14. The van der Waals surface area contributed by atoms with E-state index < -0.39 is 11.9 Å².